The van der Waals surface area contributed by atoms with Gasteiger partial charge in [-0.15, -0.1) is 59.7 Å². The molecule has 0 saturated heterocycles. The van der Waals surface area contributed by atoms with Crippen molar-refractivity contribution in [1.82, 2.24) is 9.97 Å². The Morgan fingerprint density at radius 3 is 2.40 bits per heavy atom. The number of hydrogen-bond donors (Lipinski definition) is 0. The Kier molecular flexibility index (Phi) is 11.3. The van der Waals surface area contributed by atoms with E-state index in [4.69, 9.17) is 4.42 Å². The minimum absolute atomic E-state index is 0. The van der Waals surface area contributed by atoms with Crippen LogP contribution >= 0.6 is 0 Å². The van der Waals surface area contributed by atoms with Crippen LogP contribution in [0, 0.1) is 29.8 Å². The summed E-state index contributed by atoms with van der Waals surface area (Å²) < 4.78 is 19.6. The van der Waals surface area contributed by atoms with Crippen molar-refractivity contribution in [3.8, 4) is 22.5 Å². The van der Waals surface area contributed by atoms with E-state index in [-0.39, 0.29) is 25.9 Å². The topological polar surface area (TPSA) is 38.9 Å². The third-order valence-corrected chi connectivity index (χ3v) is 11.0. The van der Waals surface area contributed by atoms with Crippen LogP contribution in [0.3, 0.4) is 0 Å². The second kappa shape index (κ2) is 15.2. The van der Waals surface area contributed by atoms with E-state index >= 15 is 0 Å². The van der Waals surface area contributed by atoms with Crippen molar-refractivity contribution < 1.29 is 28.9 Å². The number of halogens is 1. The number of benzene rings is 3. The van der Waals surface area contributed by atoms with Gasteiger partial charge in [0.05, 0.1) is 13.7 Å². The number of fused-ring (bicyclic) bond motifs is 3. The molecule has 0 atom stereocenters. The minimum Gasteiger partial charge on any atom is -0.497 e. The van der Waals surface area contributed by atoms with Crippen molar-refractivity contribution in [2.45, 2.75) is 72.0 Å². The van der Waals surface area contributed by atoms with Crippen molar-refractivity contribution in [2.75, 3.05) is 0 Å². The van der Waals surface area contributed by atoms with Crippen molar-refractivity contribution in [3.63, 3.8) is 0 Å². The van der Waals surface area contributed by atoms with Gasteiger partial charge in [0.1, 0.15) is 0 Å². The van der Waals surface area contributed by atoms with Crippen LogP contribution in [0.2, 0.25) is 19.6 Å². The molecule has 0 unspecified atom stereocenters. The maximum Gasteiger partial charge on any atom is 0.165 e. The summed E-state index contributed by atoms with van der Waals surface area (Å²) >= 11 is 0. The number of furan rings is 1. The first kappa shape index (κ1) is 34.9. The first-order chi connectivity index (χ1) is 22.2. The Balaban J connectivity index is 0.000000188. The van der Waals surface area contributed by atoms with E-state index in [0.717, 1.165) is 52.0 Å². The predicted molar refractivity (Wildman–Crippen MR) is 191 cm³/mol. The van der Waals surface area contributed by atoms with Gasteiger partial charge in [-0.1, -0.05) is 100.0 Å². The summed E-state index contributed by atoms with van der Waals surface area (Å²) in [6.45, 7) is 11.7. The van der Waals surface area contributed by atoms with Crippen LogP contribution in [0.5, 0.6) is 0 Å². The van der Waals surface area contributed by atoms with E-state index in [1.807, 2.05) is 36.5 Å². The summed E-state index contributed by atoms with van der Waals surface area (Å²) in [6.07, 6.45) is 11.6. The monoisotopic (exact) mass is 819 g/mol. The first-order valence-corrected chi connectivity index (χ1v) is 20.1. The van der Waals surface area contributed by atoms with Crippen molar-refractivity contribution >= 4 is 35.2 Å². The van der Waals surface area contributed by atoms with E-state index in [1.54, 1.807) is 12.1 Å². The van der Waals surface area contributed by atoms with Crippen LogP contribution in [0.1, 0.15) is 50.7 Å². The smallest absolute Gasteiger partial charge is 0.165 e. The molecule has 47 heavy (non-hydrogen) atoms. The Morgan fingerprint density at radius 2 is 1.68 bits per heavy atom. The van der Waals surface area contributed by atoms with Gasteiger partial charge in [0, 0.05) is 37.9 Å². The van der Waals surface area contributed by atoms with E-state index < -0.39 is 8.07 Å². The molecule has 1 saturated carbocycles. The molecular weight excluding hydrogens is 776 g/mol. The maximum atomic E-state index is 14.0. The molecule has 3 aromatic heterocycles. The molecule has 7 rings (SSSR count). The van der Waals surface area contributed by atoms with Crippen LogP contribution in [-0.2, 0) is 32.9 Å². The van der Waals surface area contributed by atoms with Crippen molar-refractivity contribution in [2.24, 2.45) is 11.8 Å². The molecule has 1 aliphatic rings. The standard InChI is InChI=1S/C23H19FNO.C18H24NSi.Ir/c24-20-7-3-6-18-19-14-17(8-9-22(19)26-23(18)20)21-13-16(10-11-25-21)12-15-4-1-2-5-15;1-14(2)11-16-12-17(15-9-7-6-8-10-15)19-13-18(16)20(3,4)5;/h3,6-7,9-11,13-15H,1-2,4-5,12H2;6-9,12-14H,11H2,1-5H3;/q2*-1;. The van der Waals surface area contributed by atoms with Gasteiger partial charge in [0.15, 0.2) is 11.4 Å². The molecule has 0 amide bonds. The van der Waals surface area contributed by atoms with Gasteiger partial charge in [-0.25, -0.2) is 4.39 Å². The average molecular weight is 819 g/mol. The Morgan fingerprint density at radius 1 is 0.894 bits per heavy atom. The van der Waals surface area contributed by atoms with E-state index in [2.05, 4.69) is 86.1 Å². The molecule has 1 aliphatic carbocycles. The third-order valence-electron chi connectivity index (χ3n) is 8.89. The molecule has 1 fully saturated rings. The number of pyridine rings is 2. The van der Waals surface area contributed by atoms with Crippen LogP contribution in [0.15, 0.2) is 89.6 Å². The van der Waals surface area contributed by atoms with Gasteiger partial charge in [-0.3, -0.25) is 0 Å². The van der Waals surface area contributed by atoms with E-state index in [1.165, 1.54) is 48.1 Å². The Hall–Kier alpha value is -3.44. The van der Waals surface area contributed by atoms with Crippen LogP contribution < -0.4 is 5.19 Å². The summed E-state index contributed by atoms with van der Waals surface area (Å²) in [7, 11) is -1.34. The number of hydrogen-bond acceptors (Lipinski definition) is 3. The molecule has 0 bridgehead atoms. The molecule has 6 aromatic rings. The molecule has 245 valence electrons. The second-order valence-electron chi connectivity index (χ2n) is 14.1. The van der Waals surface area contributed by atoms with Gasteiger partial charge >= 0.3 is 0 Å². The molecule has 6 heteroatoms. The number of rotatable bonds is 7. The fourth-order valence-corrected chi connectivity index (χ4v) is 8.22. The second-order valence-corrected chi connectivity index (χ2v) is 19.1. The predicted octanol–water partition coefficient (Wildman–Crippen LogP) is 10.6. The fraction of sp³-hybridized carbons (Fsp3) is 0.317. The molecule has 0 N–H and O–H groups in total. The van der Waals surface area contributed by atoms with Crippen LogP contribution in [-0.4, -0.2) is 18.0 Å². The summed E-state index contributed by atoms with van der Waals surface area (Å²) in [5.41, 5.74) is 7.71. The molecule has 0 aliphatic heterocycles. The fourth-order valence-electron chi connectivity index (χ4n) is 6.63. The summed E-state index contributed by atoms with van der Waals surface area (Å²) in [5, 5.41) is 3.18. The Labute approximate surface area is 293 Å². The van der Waals surface area contributed by atoms with Gasteiger partial charge < -0.3 is 14.4 Å². The summed E-state index contributed by atoms with van der Waals surface area (Å²) in [4.78, 5) is 9.22. The van der Waals surface area contributed by atoms with Gasteiger partial charge in [-0.05, 0) is 53.4 Å². The first-order valence-electron chi connectivity index (χ1n) is 16.6. The molecule has 3 heterocycles. The zero-order valence-corrected chi connectivity index (χ0v) is 31.4. The van der Waals surface area contributed by atoms with Crippen LogP contribution in [0.25, 0.3) is 44.5 Å². The van der Waals surface area contributed by atoms with Crippen LogP contribution in [0.4, 0.5) is 4.39 Å². The molecular formula is C41H43FIrN2OSi-2. The van der Waals surface area contributed by atoms with Crippen molar-refractivity contribution in [3.05, 3.63) is 114 Å². The molecule has 1 radical (unpaired) electrons. The zero-order chi connectivity index (χ0) is 32.3. The minimum atomic E-state index is -1.34. The molecule has 3 nitrogen and oxygen atoms in total. The SMILES string of the molecule is CC(C)Cc1cc(-c2[c-]cccc2)ncc1[Si](C)(C)C.Fc1cccc2c1oc1c[c-]c(-c3cc(CC4CCCC4)ccn3)cc12.[Ir]. The average Bonchev–Trinajstić information content (AvgIpc) is 3.69. The van der Waals surface area contributed by atoms with Gasteiger partial charge in [-0.2, -0.15) is 0 Å². The van der Waals surface area contributed by atoms with E-state index in [9.17, 15) is 4.39 Å². The summed E-state index contributed by atoms with van der Waals surface area (Å²) in [5.74, 6) is 1.13. The normalized spacial score (nSPS) is 13.5. The third kappa shape index (κ3) is 8.35. The van der Waals surface area contributed by atoms with E-state index in [0.29, 0.717) is 17.1 Å². The Bertz CT molecular complexity index is 1940. The maximum absolute atomic E-state index is 14.0. The zero-order valence-electron chi connectivity index (χ0n) is 28.0. The van der Waals surface area contributed by atoms with Gasteiger partial charge in [0.25, 0.3) is 0 Å². The number of aromatic nitrogens is 2. The quantitative estimate of drug-likeness (QED) is 0.119. The molecule has 0 spiro atoms. The number of nitrogens with zero attached hydrogens (tertiary/aromatic N) is 2. The number of para-hydroxylation sites is 1. The molecule has 3 aromatic carbocycles. The van der Waals surface area contributed by atoms with Gasteiger partial charge in [0.2, 0.25) is 0 Å². The summed E-state index contributed by atoms with van der Waals surface area (Å²) in [6, 6.07) is 30.0. The largest absolute Gasteiger partial charge is 0.497 e. The van der Waals surface area contributed by atoms with Crippen molar-refractivity contribution in [1.29, 1.82) is 0 Å².